The fourth-order valence-corrected chi connectivity index (χ4v) is 2.75. The summed E-state index contributed by atoms with van der Waals surface area (Å²) in [5, 5.41) is 1.59. The Labute approximate surface area is 151 Å². The highest BCUT2D eigenvalue weighted by atomic mass is 16.5. The van der Waals surface area contributed by atoms with Crippen molar-refractivity contribution in [2.45, 2.75) is 39.5 Å². The van der Waals surface area contributed by atoms with Crippen molar-refractivity contribution in [1.29, 1.82) is 0 Å². The van der Waals surface area contributed by atoms with Crippen LogP contribution in [0.15, 0.2) is 12.1 Å². The molecule has 0 unspecified atom stereocenters. The van der Waals surface area contributed by atoms with Gasteiger partial charge in [-0.15, -0.1) is 0 Å². The number of unbranched alkanes of at least 4 members (excludes halogenated alkanes) is 2. The van der Waals surface area contributed by atoms with Gasteiger partial charge in [0.1, 0.15) is 11.5 Å². The minimum atomic E-state index is 0.690. The van der Waals surface area contributed by atoms with Gasteiger partial charge in [0.25, 0.3) is 0 Å². The lowest BCUT2D eigenvalue weighted by Gasteiger charge is -2.31. The summed E-state index contributed by atoms with van der Waals surface area (Å²) in [5.41, 5.74) is 1.91. The van der Waals surface area contributed by atoms with Gasteiger partial charge in [0.05, 0.1) is 37.8 Å². The average molecular weight is 351 g/mol. The number of nitrogens with two attached hydrogens (primary N) is 1. The summed E-state index contributed by atoms with van der Waals surface area (Å²) in [6, 6.07) is 4.07. The molecule has 1 aromatic rings. The van der Waals surface area contributed by atoms with Crippen molar-refractivity contribution in [2.75, 3.05) is 56.5 Å². The van der Waals surface area contributed by atoms with E-state index in [9.17, 15) is 0 Å². The lowest BCUT2D eigenvalue weighted by atomic mass is 10.2. The maximum absolute atomic E-state index is 6.08. The number of nitrogens with zero attached hydrogens (tertiary/aromatic N) is 2. The Morgan fingerprint density at radius 2 is 1.64 bits per heavy atom. The molecule has 142 valence electrons. The van der Waals surface area contributed by atoms with Crippen LogP contribution < -0.4 is 25.2 Å². The van der Waals surface area contributed by atoms with Crippen LogP contribution in [0.5, 0.6) is 11.5 Å². The molecule has 0 atom stereocenters. The van der Waals surface area contributed by atoms with E-state index < -0.39 is 0 Å². The van der Waals surface area contributed by atoms with Crippen LogP contribution in [0.25, 0.3) is 0 Å². The molecule has 25 heavy (non-hydrogen) atoms. The Morgan fingerprint density at radius 3 is 2.20 bits per heavy atom. The first-order valence-corrected chi connectivity index (χ1v) is 9.42. The van der Waals surface area contributed by atoms with Crippen molar-refractivity contribution in [1.82, 2.24) is 0 Å². The summed E-state index contributed by atoms with van der Waals surface area (Å²) in [7, 11) is 1.83. The Morgan fingerprint density at radius 1 is 1.04 bits per heavy atom. The maximum Gasteiger partial charge on any atom is 0.146 e. The molecule has 0 spiro atoms. The summed E-state index contributed by atoms with van der Waals surface area (Å²) in [5.74, 6) is 7.71. The second-order valence-corrected chi connectivity index (χ2v) is 6.40. The van der Waals surface area contributed by atoms with Crippen LogP contribution in [0.3, 0.4) is 0 Å². The summed E-state index contributed by atoms with van der Waals surface area (Å²) in [6.07, 6.45) is 4.26. The first-order valence-electron chi connectivity index (χ1n) is 9.42. The standard InChI is InChI=1S/C19H33N3O3/c1-4-6-10-24-18-15-17(22-8-12-23-13-9-22)19(25-11-7-5-2)14-16(18)21(3)20/h14-15H,4-13,20H2,1-3H3. The van der Waals surface area contributed by atoms with E-state index in [4.69, 9.17) is 20.1 Å². The molecule has 1 aliphatic heterocycles. The smallest absolute Gasteiger partial charge is 0.146 e. The predicted octanol–water partition coefficient (Wildman–Crippen LogP) is 3.19. The third-order valence-corrected chi connectivity index (χ3v) is 4.28. The van der Waals surface area contributed by atoms with Crippen LogP contribution in [0.1, 0.15) is 39.5 Å². The highest BCUT2D eigenvalue weighted by molar-refractivity contribution is 5.72. The van der Waals surface area contributed by atoms with E-state index in [1.54, 1.807) is 5.01 Å². The lowest BCUT2D eigenvalue weighted by molar-refractivity contribution is 0.122. The quantitative estimate of drug-likeness (QED) is 0.397. The summed E-state index contributed by atoms with van der Waals surface area (Å²) in [6.45, 7) is 8.90. The molecule has 0 radical (unpaired) electrons. The molecule has 0 aromatic heterocycles. The molecule has 2 rings (SSSR count). The van der Waals surface area contributed by atoms with E-state index in [0.717, 1.165) is 74.9 Å². The Bertz CT molecular complexity index is 517. The number of hydrazine groups is 1. The fourth-order valence-electron chi connectivity index (χ4n) is 2.75. The monoisotopic (exact) mass is 351 g/mol. The molecular formula is C19H33N3O3. The summed E-state index contributed by atoms with van der Waals surface area (Å²) < 4.78 is 17.6. The van der Waals surface area contributed by atoms with Gasteiger partial charge in [0.15, 0.2) is 0 Å². The third-order valence-electron chi connectivity index (χ3n) is 4.28. The molecule has 6 heteroatoms. The van der Waals surface area contributed by atoms with Crippen LogP contribution in [0.2, 0.25) is 0 Å². The van der Waals surface area contributed by atoms with E-state index >= 15 is 0 Å². The van der Waals surface area contributed by atoms with Gasteiger partial charge in [-0.1, -0.05) is 26.7 Å². The molecule has 2 N–H and O–H groups in total. The zero-order valence-corrected chi connectivity index (χ0v) is 15.9. The van der Waals surface area contributed by atoms with Gasteiger partial charge in [0, 0.05) is 32.3 Å². The predicted molar refractivity (Wildman–Crippen MR) is 103 cm³/mol. The average Bonchev–Trinajstić information content (AvgIpc) is 2.63. The Balaban J connectivity index is 2.31. The van der Waals surface area contributed by atoms with E-state index in [1.807, 2.05) is 13.1 Å². The molecule has 0 bridgehead atoms. The van der Waals surface area contributed by atoms with Crippen molar-refractivity contribution in [2.24, 2.45) is 5.84 Å². The van der Waals surface area contributed by atoms with E-state index in [2.05, 4.69) is 24.8 Å². The first kappa shape index (κ1) is 19.7. The Kier molecular flexibility index (Phi) is 8.15. The first-order chi connectivity index (χ1) is 12.2. The number of ether oxygens (including phenoxy) is 3. The molecule has 0 aliphatic carbocycles. The highest BCUT2D eigenvalue weighted by Crippen LogP contribution is 2.40. The second kappa shape index (κ2) is 10.4. The van der Waals surface area contributed by atoms with Gasteiger partial charge >= 0.3 is 0 Å². The summed E-state index contributed by atoms with van der Waals surface area (Å²) >= 11 is 0. The van der Waals surface area contributed by atoms with Crippen LogP contribution in [-0.2, 0) is 4.74 Å². The molecule has 6 nitrogen and oxygen atoms in total. The number of anilines is 2. The van der Waals surface area contributed by atoms with Gasteiger partial charge in [0.2, 0.25) is 0 Å². The largest absolute Gasteiger partial charge is 0.491 e. The van der Waals surface area contributed by atoms with Crippen molar-refractivity contribution in [3.63, 3.8) is 0 Å². The van der Waals surface area contributed by atoms with Crippen LogP contribution >= 0.6 is 0 Å². The number of benzene rings is 1. The molecular weight excluding hydrogens is 318 g/mol. The van der Waals surface area contributed by atoms with E-state index in [0.29, 0.717) is 13.2 Å². The lowest BCUT2D eigenvalue weighted by Crippen LogP contribution is -2.36. The van der Waals surface area contributed by atoms with Crippen LogP contribution in [-0.4, -0.2) is 46.6 Å². The van der Waals surface area contributed by atoms with Gasteiger partial charge in [-0.3, -0.25) is 0 Å². The van der Waals surface area contributed by atoms with Crippen molar-refractivity contribution >= 4 is 11.4 Å². The molecule has 0 saturated carbocycles. The molecule has 1 heterocycles. The Hall–Kier alpha value is -1.66. The third kappa shape index (κ3) is 5.68. The van der Waals surface area contributed by atoms with E-state index in [1.165, 1.54) is 0 Å². The van der Waals surface area contributed by atoms with Gasteiger partial charge in [-0.2, -0.15) is 0 Å². The van der Waals surface area contributed by atoms with Crippen LogP contribution in [0.4, 0.5) is 11.4 Å². The highest BCUT2D eigenvalue weighted by Gasteiger charge is 2.20. The summed E-state index contributed by atoms with van der Waals surface area (Å²) in [4.78, 5) is 2.30. The maximum atomic E-state index is 6.08. The molecule has 0 amide bonds. The fraction of sp³-hybridized carbons (Fsp3) is 0.684. The minimum absolute atomic E-state index is 0.690. The zero-order chi connectivity index (χ0) is 18.1. The molecule has 1 fully saturated rings. The second-order valence-electron chi connectivity index (χ2n) is 6.40. The number of hydrogen-bond acceptors (Lipinski definition) is 6. The number of morpholine rings is 1. The minimum Gasteiger partial charge on any atom is -0.491 e. The van der Waals surface area contributed by atoms with Crippen LogP contribution in [0, 0.1) is 0 Å². The van der Waals surface area contributed by atoms with E-state index in [-0.39, 0.29) is 0 Å². The van der Waals surface area contributed by atoms with Crippen molar-refractivity contribution in [3.8, 4) is 11.5 Å². The normalized spacial score (nSPS) is 14.5. The molecule has 1 aliphatic rings. The van der Waals surface area contributed by atoms with Crippen molar-refractivity contribution in [3.05, 3.63) is 12.1 Å². The van der Waals surface area contributed by atoms with Crippen molar-refractivity contribution < 1.29 is 14.2 Å². The van der Waals surface area contributed by atoms with Gasteiger partial charge in [-0.05, 0) is 12.8 Å². The van der Waals surface area contributed by atoms with Gasteiger partial charge in [-0.25, -0.2) is 5.84 Å². The number of hydrogen-bond donors (Lipinski definition) is 1. The topological polar surface area (TPSA) is 60.2 Å². The van der Waals surface area contributed by atoms with Gasteiger partial charge < -0.3 is 24.1 Å². The zero-order valence-electron chi connectivity index (χ0n) is 15.9. The number of rotatable bonds is 10. The molecule has 1 saturated heterocycles. The SMILES string of the molecule is CCCCOc1cc(N2CCOCC2)c(OCCCC)cc1N(C)N. The molecule has 1 aromatic carbocycles.